The van der Waals surface area contributed by atoms with E-state index in [4.69, 9.17) is 14.2 Å². The number of carbonyl (C=O) groups is 2. The molecule has 1 fully saturated rings. The highest BCUT2D eigenvalue weighted by atomic mass is 16.5. The zero-order chi connectivity index (χ0) is 26.5. The number of methoxy groups -OCH3 is 1. The van der Waals surface area contributed by atoms with E-state index in [1.807, 2.05) is 72.8 Å². The molecule has 2 atom stereocenters. The summed E-state index contributed by atoms with van der Waals surface area (Å²) in [7, 11) is 1.56. The van der Waals surface area contributed by atoms with E-state index >= 15 is 0 Å². The van der Waals surface area contributed by atoms with E-state index < -0.39 is 18.1 Å². The third-order valence-electron chi connectivity index (χ3n) is 7.41. The number of rotatable bonds is 9. The van der Waals surface area contributed by atoms with Gasteiger partial charge in [-0.05, 0) is 35.6 Å². The van der Waals surface area contributed by atoms with E-state index in [-0.39, 0.29) is 25.0 Å². The molecule has 38 heavy (non-hydrogen) atoms. The lowest BCUT2D eigenvalue weighted by atomic mass is 9.91. The minimum absolute atomic E-state index is 0.00763. The van der Waals surface area contributed by atoms with Crippen LogP contribution in [0.15, 0.2) is 72.8 Å². The predicted molar refractivity (Wildman–Crippen MR) is 142 cm³/mol. The molecule has 1 aliphatic heterocycles. The molecule has 3 aromatic rings. The van der Waals surface area contributed by atoms with Gasteiger partial charge in [0.1, 0.15) is 12.6 Å². The first kappa shape index (κ1) is 25.8. The summed E-state index contributed by atoms with van der Waals surface area (Å²) in [5.41, 5.74) is 3.32. The Bertz CT molecular complexity index is 1260. The molecule has 1 heterocycles. The molecular weight excluding hydrogens is 482 g/mol. The van der Waals surface area contributed by atoms with Gasteiger partial charge in [-0.25, -0.2) is 4.79 Å². The molecule has 0 spiro atoms. The van der Waals surface area contributed by atoms with Crippen LogP contribution in [-0.4, -0.2) is 41.1 Å². The van der Waals surface area contributed by atoms with Crippen molar-refractivity contribution < 1.29 is 28.9 Å². The summed E-state index contributed by atoms with van der Waals surface area (Å²) < 4.78 is 18.1. The lowest BCUT2D eigenvalue weighted by molar-refractivity contribution is -0.160. The summed E-state index contributed by atoms with van der Waals surface area (Å²) in [6.45, 7) is 0.466. The Morgan fingerprint density at radius 1 is 0.974 bits per heavy atom. The Labute approximate surface area is 222 Å². The van der Waals surface area contributed by atoms with E-state index in [9.17, 15) is 14.7 Å². The highest BCUT2D eigenvalue weighted by Gasteiger charge is 2.41. The number of nitrogens with zero attached hydrogens (tertiary/aromatic N) is 1. The minimum atomic E-state index is -1.06. The third kappa shape index (κ3) is 5.53. The molecule has 198 valence electrons. The fourth-order valence-electron chi connectivity index (χ4n) is 5.39. The standard InChI is InChI=1S/C31H33NO6/c1-36-27-17-16-23-19-32(30(33)28(22-12-6-3-7-13-22)38-24-14-8-9-15-24)26(31(34)35)18-25(23)29(27)37-20-21-10-4-2-5-11-21/h2-7,10-13,16-17,24,26,28H,8-9,14-15,18-20H2,1H3,(H,34,35). The number of ether oxygens (including phenoxy) is 3. The smallest absolute Gasteiger partial charge is 0.326 e. The molecule has 1 N–H and O–H groups in total. The van der Waals surface area contributed by atoms with Crippen LogP contribution in [0.4, 0.5) is 0 Å². The summed E-state index contributed by atoms with van der Waals surface area (Å²) in [5.74, 6) is -0.332. The van der Waals surface area contributed by atoms with Gasteiger partial charge in [0, 0.05) is 18.5 Å². The maximum atomic E-state index is 14.0. The number of amides is 1. The summed E-state index contributed by atoms with van der Waals surface area (Å²) in [5, 5.41) is 10.2. The molecule has 0 aromatic heterocycles. The van der Waals surface area contributed by atoms with Gasteiger partial charge in [0.2, 0.25) is 0 Å². The van der Waals surface area contributed by atoms with Gasteiger partial charge in [0.25, 0.3) is 5.91 Å². The monoisotopic (exact) mass is 515 g/mol. The second-order valence-electron chi connectivity index (χ2n) is 9.87. The lowest BCUT2D eigenvalue weighted by Crippen LogP contribution is -2.50. The first-order chi connectivity index (χ1) is 18.5. The second kappa shape index (κ2) is 11.7. The maximum absolute atomic E-state index is 14.0. The van der Waals surface area contributed by atoms with E-state index in [1.165, 1.54) is 4.90 Å². The fourth-order valence-corrected chi connectivity index (χ4v) is 5.39. The van der Waals surface area contributed by atoms with Gasteiger partial charge < -0.3 is 24.2 Å². The zero-order valence-electron chi connectivity index (χ0n) is 21.5. The van der Waals surface area contributed by atoms with Crippen molar-refractivity contribution in [1.82, 2.24) is 4.90 Å². The number of benzene rings is 3. The SMILES string of the molecule is COc1ccc2c(c1OCc1ccccc1)CC(C(=O)O)N(C(=O)C(OC1CCCC1)c1ccccc1)C2. The Hall–Kier alpha value is -3.84. The molecule has 1 amide bonds. The number of carboxylic acid groups (broad SMARTS) is 1. The molecule has 5 rings (SSSR count). The average Bonchev–Trinajstić information content (AvgIpc) is 3.48. The van der Waals surface area contributed by atoms with Crippen LogP contribution in [0.25, 0.3) is 0 Å². The Morgan fingerprint density at radius 3 is 2.32 bits per heavy atom. The highest BCUT2D eigenvalue weighted by Crippen LogP contribution is 2.40. The van der Waals surface area contributed by atoms with Gasteiger partial charge in [-0.2, -0.15) is 0 Å². The van der Waals surface area contributed by atoms with Crippen LogP contribution < -0.4 is 9.47 Å². The largest absolute Gasteiger partial charge is 0.493 e. The van der Waals surface area contributed by atoms with Crippen LogP contribution in [0.3, 0.4) is 0 Å². The first-order valence-corrected chi connectivity index (χ1v) is 13.1. The van der Waals surface area contributed by atoms with Gasteiger partial charge in [0.15, 0.2) is 17.6 Å². The first-order valence-electron chi connectivity index (χ1n) is 13.1. The summed E-state index contributed by atoms with van der Waals surface area (Å²) in [6, 6.07) is 21.8. The molecule has 1 saturated carbocycles. The quantitative estimate of drug-likeness (QED) is 0.416. The molecule has 0 bridgehead atoms. The fraction of sp³-hybridized carbons (Fsp3) is 0.355. The van der Waals surface area contributed by atoms with E-state index in [0.717, 1.165) is 47.9 Å². The summed E-state index contributed by atoms with van der Waals surface area (Å²) in [4.78, 5) is 28.0. The molecule has 2 unspecified atom stereocenters. The number of hydrogen-bond donors (Lipinski definition) is 1. The van der Waals surface area contributed by atoms with Gasteiger partial charge >= 0.3 is 5.97 Å². The minimum Gasteiger partial charge on any atom is -0.493 e. The average molecular weight is 516 g/mol. The van der Waals surface area contributed by atoms with Crippen molar-refractivity contribution >= 4 is 11.9 Å². The van der Waals surface area contributed by atoms with Crippen molar-refractivity contribution in [2.24, 2.45) is 0 Å². The molecule has 0 radical (unpaired) electrons. The van der Waals surface area contributed by atoms with E-state index in [2.05, 4.69) is 0 Å². The van der Waals surface area contributed by atoms with Gasteiger partial charge in [-0.1, -0.05) is 79.6 Å². The van der Waals surface area contributed by atoms with Crippen molar-refractivity contribution in [1.29, 1.82) is 0 Å². The van der Waals surface area contributed by atoms with Crippen LogP contribution in [0, 0.1) is 0 Å². The van der Waals surface area contributed by atoms with E-state index in [1.54, 1.807) is 7.11 Å². The van der Waals surface area contributed by atoms with Crippen molar-refractivity contribution in [3.05, 3.63) is 95.1 Å². The van der Waals surface area contributed by atoms with Crippen LogP contribution in [0.2, 0.25) is 0 Å². The van der Waals surface area contributed by atoms with Crippen LogP contribution in [0.5, 0.6) is 11.5 Å². The topological polar surface area (TPSA) is 85.3 Å². The van der Waals surface area contributed by atoms with Crippen LogP contribution in [-0.2, 0) is 33.9 Å². The number of fused-ring (bicyclic) bond motifs is 1. The predicted octanol–water partition coefficient (Wildman–Crippen LogP) is 5.31. The third-order valence-corrected chi connectivity index (χ3v) is 7.41. The second-order valence-corrected chi connectivity index (χ2v) is 9.87. The Kier molecular flexibility index (Phi) is 7.94. The zero-order valence-corrected chi connectivity index (χ0v) is 21.5. The summed E-state index contributed by atoms with van der Waals surface area (Å²) in [6.07, 6.45) is 3.21. The van der Waals surface area contributed by atoms with Crippen molar-refractivity contribution in [2.75, 3.05) is 7.11 Å². The highest BCUT2D eigenvalue weighted by molar-refractivity contribution is 5.88. The molecule has 0 saturated heterocycles. The van der Waals surface area contributed by atoms with Crippen LogP contribution in [0.1, 0.15) is 54.0 Å². The van der Waals surface area contributed by atoms with E-state index in [0.29, 0.717) is 18.1 Å². The molecule has 7 nitrogen and oxygen atoms in total. The summed E-state index contributed by atoms with van der Waals surface area (Å²) >= 11 is 0. The molecule has 1 aliphatic carbocycles. The van der Waals surface area contributed by atoms with Gasteiger partial charge in [0.05, 0.1) is 13.2 Å². The Balaban J connectivity index is 1.46. The number of carbonyl (C=O) groups excluding carboxylic acids is 1. The normalized spacial score (nSPS) is 18.0. The van der Waals surface area contributed by atoms with Crippen LogP contribution >= 0.6 is 0 Å². The molecule has 3 aromatic carbocycles. The number of aliphatic carboxylic acids is 1. The van der Waals surface area contributed by atoms with Gasteiger partial charge in [-0.15, -0.1) is 0 Å². The molecule has 2 aliphatic rings. The Morgan fingerprint density at radius 2 is 1.66 bits per heavy atom. The molecular formula is C31H33NO6. The van der Waals surface area contributed by atoms with Crippen molar-refractivity contribution in [3.8, 4) is 11.5 Å². The van der Waals surface area contributed by atoms with Crippen molar-refractivity contribution in [2.45, 2.75) is 63.5 Å². The maximum Gasteiger partial charge on any atom is 0.326 e. The lowest BCUT2D eigenvalue weighted by Gasteiger charge is -2.37. The number of carboxylic acids is 1. The number of hydrogen-bond acceptors (Lipinski definition) is 5. The molecule has 7 heteroatoms. The van der Waals surface area contributed by atoms with Gasteiger partial charge in [-0.3, -0.25) is 4.79 Å². The van der Waals surface area contributed by atoms with Crippen molar-refractivity contribution in [3.63, 3.8) is 0 Å².